The number of H-pyrrole nitrogens is 1. The van der Waals surface area contributed by atoms with Gasteiger partial charge in [-0.15, -0.1) is 0 Å². The number of aromatic amines is 1. The van der Waals surface area contributed by atoms with Gasteiger partial charge in [0.1, 0.15) is 10.6 Å². The number of aromatic nitrogens is 2. The maximum atomic E-state index is 12.5. The summed E-state index contributed by atoms with van der Waals surface area (Å²) in [6, 6.07) is -0.0363. The van der Waals surface area contributed by atoms with Crippen LogP contribution in [-0.4, -0.2) is 29.8 Å². The second kappa shape index (κ2) is 5.83. The standard InChI is InChI=1S/C13H23N3O3S/c1-4-10-5-6-11(8(10)2)16-20(18,19)13-9(3)14-15-12(13)7-17/h8,10-11,16-17H,4-7H2,1-3H3,(H,14,15). The van der Waals surface area contributed by atoms with Gasteiger partial charge in [0.25, 0.3) is 0 Å². The molecule has 1 fully saturated rings. The average Bonchev–Trinajstić information content (AvgIpc) is 2.94. The first-order valence-electron chi connectivity index (χ1n) is 7.07. The van der Waals surface area contributed by atoms with Crippen LogP contribution >= 0.6 is 0 Å². The van der Waals surface area contributed by atoms with Gasteiger partial charge in [-0.1, -0.05) is 20.3 Å². The highest BCUT2D eigenvalue weighted by Gasteiger charge is 2.35. The zero-order valence-electron chi connectivity index (χ0n) is 12.2. The Morgan fingerprint density at radius 3 is 2.70 bits per heavy atom. The lowest BCUT2D eigenvalue weighted by Gasteiger charge is -2.21. The third-order valence-corrected chi connectivity index (χ3v) is 6.13. The molecular formula is C13H23N3O3S. The molecule has 1 aliphatic rings. The molecule has 0 bridgehead atoms. The van der Waals surface area contributed by atoms with E-state index < -0.39 is 16.6 Å². The van der Waals surface area contributed by atoms with E-state index in [2.05, 4.69) is 28.8 Å². The van der Waals surface area contributed by atoms with Gasteiger partial charge in [0.05, 0.1) is 12.3 Å². The lowest BCUT2D eigenvalue weighted by molar-refractivity contribution is 0.273. The van der Waals surface area contributed by atoms with Gasteiger partial charge >= 0.3 is 0 Å². The Bertz CT molecular complexity index is 567. The molecule has 114 valence electrons. The van der Waals surface area contributed by atoms with Crippen molar-refractivity contribution in [1.29, 1.82) is 0 Å². The van der Waals surface area contributed by atoms with E-state index in [1.807, 2.05) is 0 Å². The number of hydrogen-bond donors (Lipinski definition) is 3. The Kier molecular flexibility index (Phi) is 4.51. The zero-order chi connectivity index (χ0) is 14.9. The van der Waals surface area contributed by atoms with Crippen molar-refractivity contribution in [3.63, 3.8) is 0 Å². The van der Waals surface area contributed by atoms with Crippen molar-refractivity contribution < 1.29 is 13.5 Å². The summed E-state index contributed by atoms with van der Waals surface area (Å²) in [7, 11) is -3.64. The molecule has 3 N–H and O–H groups in total. The van der Waals surface area contributed by atoms with Crippen LogP contribution in [0.3, 0.4) is 0 Å². The van der Waals surface area contributed by atoms with Crippen molar-refractivity contribution in [2.75, 3.05) is 0 Å². The zero-order valence-corrected chi connectivity index (χ0v) is 13.0. The van der Waals surface area contributed by atoms with Crippen molar-refractivity contribution >= 4 is 10.0 Å². The Morgan fingerprint density at radius 1 is 1.45 bits per heavy atom. The van der Waals surface area contributed by atoms with Crippen LogP contribution in [0.2, 0.25) is 0 Å². The molecule has 1 heterocycles. The van der Waals surface area contributed by atoms with E-state index in [-0.39, 0.29) is 16.6 Å². The molecule has 1 aromatic heterocycles. The predicted octanol–water partition coefficient (Wildman–Crippen LogP) is 1.31. The normalized spacial score (nSPS) is 27.1. The van der Waals surface area contributed by atoms with Crippen molar-refractivity contribution in [2.24, 2.45) is 11.8 Å². The molecule has 3 atom stereocenters. The molecule has 3 unspecified atom stereocenters. The van der Waals surface area contributed by atoms with E-state index in [1.165, 1.54) is 0 Å². The largest absolute Gasteiger partial charge is 0.390 e. The number of aliphatic hydroxyl groups is 1. The molecule has 20 heavy (non-hydrogen) atoms. The van der Waals surface area contributed by atoms with E-state index in [0.717, 1.165) is 19.3 Å². The van der Waals surface area contributed by atoms with Crippen molar-refractivity contribution in [1.82, 2.24) is 14.9 Å². The highest BCUT2D eigenvalue weighted by molar-refractivity contribution is 7.89. The molecule has 0 saturated heterocycles. The number of aryl methyl sites for hydroxylation is 1. The van der Waals surface area contributed by atoms with Crippen molar-refractivity contribution in [2.45, 2.75) is 57.6 Å². The molecule has 1 aromatic rings. The molecule has 2 rings (SSSR count). The van der Waals surface area contributed by atoms with Gasteiger partial charge in [0.2, 0.25) is 10.0 Å². The number of nitrogens with one attached hydrogen (secondary N) is 2. The van der Waals surface area contributed by atoms with Crippen LogP contribution < -0.4 is 4.72 Å². The van der Waals surface area contributed by atoms with Crippen LogP contribution in [-0.2, 0) is 16.6 Å². The maximum absolute atomic E-state index is 12.5. The van der Waals surface area contributed by atoms with E-state index >= 15 is 0 Å². The van der Waals surface area contributed by atoms with Gasteiger partial charge < -0.3 is 5.11 Å². The second-order valence-electron chi connectivity index (χ2n) is 5.62. The monoisotopic (exact) mass is 301 g/mol. The number of sulfonamides is 1. The van der Waals surface area contributed by atoms with E-state index in [0.29, 0.717) is 17.5 Å². The highest BCUT2D eigenvalue weighted by Crippen LogP contribution is 2.34. The molecule has 1 aliphatic carbocycles. The summed E-state index contributed by atoms with van der Waals surface area (Å²) in [5.74, 6) is 0.907. The topological polar surface area (TPSA) is 95.1 Å². The quantitative estimate of drug-likeness (QED) is 0.764. The summed E-state index contributed by atoms with van der Waals surface area (Å²) in [5, 5.41) is 15.7. The molecule has 0 amide bonds. The van der Waals surface area contributed by atoms with Crippen molar-refractivity contribution in [3.8, 4) is 0 Å². The summed E-state index contributed by atoms with van der Waals surface area (Å²) in [6.07, 6.45) is 3.00. The van der Waals surface area contributed by atoms with Gasteiger partial charge in [-0.3, -0.25) is 5.10 Å². The number of hydrogen-bond acceptors (Lipinski definition) is 4. The fraction of sp³-hybridized carbons (Fsp3) is 0.769. The maximum Gasteiger partial charge on any atom is 0.244 e. The SMILES string of the molecule is CCC1CCC(NS(=O)(=O)c2c(CO)n[nH]c2C)C1C. The number of rotatable bonds is 5. The fourth-order valence-corrected chi connectivity index (χ4v) is 4.90. The van der Waals surface area contributed by atoms with E-state index in [9.17, 15) is 13.5 Å². The van der Waals surface area contributed by atoms with Crippen LogP contribution in [0, 0.1) is 18.8 Å². The fourth-order valence-electron chi connectivity index (χ4n) is 3.18. The van der Waals surface area contributed by atoms with Gasteiger partial charge in [0.15, 0.2) is 0 Å². The third-order valence-electron chi connectivity index (χ3n) is 4.44. The second-order valence-corrected chi connectivity index (χ2v) is 7.27. The summed E-state index contributed by atoms with van der Waals surface area (Å²) in [4.78, 5) is 0.0900. The molecule has 0 aromatic carbocycles. The van der Waals surface area contributed by atoms with Gasteiger partial charge in [-0.05, 0) is 31.6 Å². The molecule has 7 heteroatoms. The Morgan fingerprint density at radius 2 is 2.15 bits per heavy atom. The summed E-state index contributed by atoms with van der Waals surface area (Å²) < 4.78 is 27.8. The van der Waals surface area contributed by atoms with Crippen molar-refractivity contribution in [3.05, 3.63) is 11.4 Å². The minimum absolute atomic E-state index is 0.0363. The predicted molar refractivity (Wildman–Crippen MR) is 75.5 cm³/mol. The van der Waals surface area contributed by atoms with Crippen LogP contribution in [0.4, 0.5) is 0 Å². The Labute approximate surface area is 120 Å². The van der Waals surface area contributed by atoms with Gasteiger partial charge in [-0.2, -0.15) is 5.10 Å². The molecule has 0 spiro atoms. The molecular weight excluding hydrogens is 278 g/mol. The summed E-state index contributed by atoms with van der Waals surface area (Å²) >= 11 is 0. The molecule has 0 aliphatic heterocycles. The highest BCUT2D eigenvalue weighted by atomic mass is 32.2. The molecule has 1 saturated carbocycles. The molecule has 0 radical (unpaired) electrons. The van der Waals surface area contributed by atoms with Crippen LogP contribution in [0.15, 0.2) is 4.90 Å². The number of aliphatic hydroxyl groups excluding tert-OH is 1. The average molecular weight is 301 g/mol. The first-order chi connectivity index (χ1) is 9.40. The summed E-state index contributed by atoms with van der Waals surface area (Å²) in [5.41, 5.74) is 0.631. The first-order valence-corrected chi connectivity index (χ1v) is 8.56. The van der Waals surface area contributed by atoms with Crippen LogP contribution in [0.25, 0.3) is 0 Å². The Hall–Kier alpha value is -0.920. The lowest BCUT2D eigenvalue weighted by Crippen LogP contribution is -2.38. The van der Waals surface area contributed by atoms with Gasteiger partial charge in [0, 0.05) is 6.04 Å². The number of nitrogens with zero attached hydrogens (tertiary/aromatic N) is 1. The first kappa shape index (κ1) is 15.5. The van der Waals surface area contributed by atoms with E-state index in [1.54, 1.807) is 6.92 Å². The van der Waals surface area contributed by atoms with Gasteiger partial charge in [-0.25, -0.2) is 13.1 Å². The van der Waals surface area contributed by atoms with E-state index in [4.69, 9.17) is 0 Å². The van der Waals surface area contributed by atoms with Crippen LogP contribution in [0.5, 0.6) is 0 Å². The Balaban J connectivity index is 2.22. The minimum Gasteiger partial charge on any atom is -0.390 e. The van der Waals surface area contributed by atoms with Crippen LogP contribution in [0.1, 0.15) is 44.5 Å². The minimum atomic E-state index is -3.64. The lowest BCUT2D eigenvalue weighted by atomic mass is 9.94. The molecule has 6 nitrogen and oxygen atoms in total. The summed E-state index contributed by atoms with van der Waals surface area (Å²) in [6.45, 7) is 5.50. The smallest absolute Gasteiger partial charge is 0.244 e. The third kappa shape index (κ3) is 2.75.